The third kappa shape index (κ3) is 1.82. The molecule has 1 fully saturated rings. The second-order valence-electron chi connectivity index (χ2n) is 6.10. The lowest BCUT2D eigenvalue weighted by Gasteiger charge is -2.45. The van der Waals surface area contributed by atoms with Gasteiger partial charge in [0.1, 0.15) is 11.9 Å². The summed E-state index contributed by atoms with van der Waals surface area (Å²) < 4.78 is 3.80. The zero-order chi connectivity index (χ0) is 16.5. The quantitative estimate of drug-likeness (QED) is 0.570. The maximum atomic E-state index is 12.2. The summed E-state index contributed by atoms with van der Waals surface area (Å²) in [6.45, 7) is 1.56. The highest BCUT2D eigenvalue weighted by atomic mass is 32.1. The molecule has 1 saturated heterocycles. The van der Waals surface area contributed by atoms with Crippen molar-refractivity contribution in [1.82, 2.24) is 9.47 Å². The minimum atomic E-state index is -1.35. The van der Waals surface area contributed by atoms with E-state index in [9.17, 15) is 19.8 Å². The van der Waals surface area contributed by atoms with Crippen LogP contribution in [0.3, 0.4) is 0 Å². The third-order valence-electron chi connectivity index (χ3n) is 4.63. The van der Waals surface area contributed by atoms with E-state index in [2.05, 4.69) is 0 Å². The van der Waals surface area contributed by atoms with Crippen LogP contribution in [-0.4, -0.2) is 38.6 Å². The number of carboxylic acid groups (broad SMARTS) is 1. The van der Waals surface area contributed by atoms with E-state index in [-0.39, 0.29) is 17.6 Å². The molecule has 0 aromatic carbocycles. The van der Waals surface area contributed by atoms with E-state index < -0.39 is 18.0 Å². The number of aromatic nitrogens is 2. The number of amides is 1. The van der Waals surface area contributed by atoms with Gasteiger partial charge in [-0.1, -0.05) is 11.3 Å². The number of aliphatic hydroxyl groups is 1. The molecule has 23 heavy (non-hydrogen) atoms. The highest BCUT2D eigenvalue weighted by Gasteiger charge is 2.56. The predicted octanol–water partition coefficient (Wildman–Crippen LogP) is -1.10. The average Bonchev–Trinajstić information content (AvgIpc) is 3.08. The standard InChI is InChI=1S/C15H15N3O4S/c1-7(19)12-9-3-8(13(15(21)22)18(9)14(12)20)10-5-23-11-4-16(2)6-17(10)11/h4-7,9,12,19H,3H2,1-2H3/t7-,9-,12-/m1/s1. The normalized spacial score (nSPS) is 25.0. The van der Waals surface area contributed by atoms with Crippen molar-refractivity contribution >= 4 is 33.6 Å². The third-order valence-corrected chi connectivity index (χ3v) is 5.52. The monoisotopic (exact) mass is 333 g/mol. The Kier molecular flexibility index (Phi) is 2.91. The second kappa shape index (κ2) is 4.65. The van der Waals surface area contributed by atoms with Crippen LogP contribution in [0.2, 0.25) is 0 Å². The molecule has 0 unspecified atom stereocenters. The van der Waals surface area contributed by atoms with Crippen molar-refractivity contribution in [2.75, 3.05) is 0 Å². The van der Waals surface area contributed by atoms with Crippen LogP contribution in [0, 0.1) is 5.92 Å². The van der Waals surface area contributed by atoms with Crippen LogP contribution in [0.15, 0.2) is 23.6 Å². The molecule has 4 heterocycles. The Morgan fingerprint density at radius 1 is 1.57 bits per heavy atom. The van der Waals surface area contributed by atoms with E-state index in [0.717, 1.165) is 10.5 Å². The summed E-state index contributed by atoms with van der Waals surface area (Å²) in [5, 5.41) is 23.3. The van der Waals surface area contributed by atoms with Gasteiger partial charge in [0.05, 0.1) is 36.8 Å². The number of carbonyl (C=O) groups excluding carboxylic acids is 2. The predicted molar refractivity (Wildman–Crippen MR) is 78.8 cm³/mol. The molecule has 0 aliphatic carbocycles. The van der Waals surface area contributed by atoms with Gasteiger partial charge in [-0.15, -0.1) is 0 Å². The Balaban J connectivity index is 1.84. The molecule has 7 nitrogen and oxygen atoms in total. The summed E-state index contributed by atoms with van der Waals surface area (Å²) in [5.41, 5.74) is 1.29. The summed E-state index contributed by atoms with van der Waals surface area (Å²) >= 11 is 1.51. The number of aliphatic hydroxyl groups excluding tert-OH is 1. The lowest BCUT2D eigenvalue weighted by atomic mass is 9.83. The summed E-state index contributed by atoms with van der Waals surface area (Å²) in [6, 6.07) is -0.301. The maximum absolute atomic E-state index is 12.2. The van der Waals surface area contributed by atoms with Crippen LogP contribution in [0.4, 0.5) is 0 Å². The van der Waals surface area contributed by atoms with Crippen molar-refractivity contribution in [2.45, 2.75) is 25.5 Å². The maximum Gasteiger partial charge on any atom is 0.249 e. The molecular weight excluding hydrogens is 318 g/mol. The Morgan fingerprint density at radius 3 is 2.96 bits per heavy atom. The first-order valence-electron chi connectivity index (χ1n) is 7.31. The number of carboxylic acids is 1. The fraction of sp³-hybridized carbons (Fsp3) is 0.400. The number of hydrogen-bond acceptors (Lipinski definition) is 5. The van der Waals surface area contributed by atoms with Crippen LogP contribution < -0.4 is 9.51 Å². The number of rotatable bonds is 3. The topological polar surface area (TPSA) is 89.7 Å². The highest BCUT2D eigenvalue weighted by Crippen LogP contribution is 2.46. The lowest BCUT2D eigenvalue weighted by Crippen LogP contribution is -2.62. The van der Waals surface area contributed by atoms with Crippen LogP contribution in [-0.2, 0) is 16.6 Å². The summed E-state index contributed by atoms with van der Waals surface area (Å²) in [4.78, 5) is 26.1. The number of aryl methyl sites for hydroxylation is 1. The van der Waals surface area contributed by atoms with Gasteiger partial charge in [-0.25, -0.2) is 4.57 Å². The van der Waals surface area contributed by atoms with E-state index in [0.29, 0.717) is 12.0 Å². The number of hydrogen-bond donors (Lipinski definition) is 1. The Hall–Kier alpha value is -2.19. The van der Waals surface area contributed by atoms with Gasteiger partial charge < -0.3 is 19.9 Å². The molecule has 2 aliphatic rings. The van der Waals surface area contributed by atoms with Crippen LogP contribution in [0.1, 0.15) is 19.0 Å². The molecule has 0 bridgehead atoms. The number of fused-ring (bicyclic) bond motifs is 2. The van der Waals surface area contributed by atoms with E-state index in [4.69, 9.17) is 0 Å². The first kappa shape index (κ1) is 14.4. The van der Waals surface area contributed by atoms with Crippen molar-refractivity contribution < 1.29 is 24.2 Å². The zero-order valence-electron chi connectivity index (χ0n) is 12.6. The van der Waals surface area contributed by atoms with E-state index in [1.807, 2.05) is 33.9 Å². The molecular formula is C15H15N3O4S. The molecule has 0 radical (unpaired) electrons. The van der Waals surface area contributed by atoms with Gasteiger partial charge in [-0.2, -0.15) is 4.40 Å². The lowest BCUT2D eigenvalue weighted by molar-refractivity contribution is -0.511. The molecule has 2 aromatic rings. The summed E-state index contributed by atoms with van der Waals surface area (Å²) in [7, 11) is 1.90. The minimum absolute atomic E-state index is 0.0621. The Labute approximate surface area is 135 Å². The van der Waals surface area contributed by atoms with E-state index in [1.54, 1.807) is 6.92 Å². The van der Waals surface area contributed by atoms with Crippen molar-refractivity contribution in [2.24, 2.45) is 13.0 Å². The summed E-state index contributed by atoms with van der Waals surface area (Å²) in [6.07, 6.45) is 3.43. The van der Waals surface area contributed by atoms with Gasteiger partial charge >= 0.3 is 0 Å². The minimum Gasteiger partial charge on any atom is -0.543 e. The number of nitrogens with zero attached hydrogens (tertiary/aromatic N) is 3. The highest BCUT2D eigenvalue weighted by molar-refractivity contribution is 7.15. The van der Waals surface area contributed by atoms with Crippen molar-refractivity contribution in [3.63, 3.8) is 0 Å². The molecule has 3 atom stereocenters. The van der Waals surface area contributed by atoms with Crippen molar-refractivity contribution in [1.29, 1.82) is 0 Å². The van der Waals surface area contributed by atoms with Crippen LogP contribution in [0.25, 0.3) is 10.4 Å². The molecule has 120 valence electrons. The van der Waals surface area contributed by atoms with Crippen molar-refractivity contribution in [3.8, 4) is 0 Å². The van der Waals surface area contributed by atoms with E-state index in [1.165, 1.54) is 16.2 Å². The van der Waals surface area contributed by atoms with E-state index >= 15 is 0 Å². The SMILES string of the molecule is C[C@@H](O)[C@H]1C(=O)N2C(C(=O)[O-])=C(c3csc4cn(C)c[n+]34)C[C@H]12. The number of imidazole rings is 1. The molecule has 2 aromatic heterocycles. The number of thiazole rings is 1. The first-order valence-corrected chi connectivity index (χ1v) is 8.19. The largest absolute Gasteiger partial charge is 0.543 e. The fourth-order valence-corrected chi connectivity index (χ4v) is 4.63. The Bertz CT molecular complexity index is 879. The van der Waals surface area contributed by atoms with Gasteiger partial charge in [0.2, 0.25) is 17.1 Å². The fourth-order valence-electron chi connectivity index (χ4n) is 3.65. The van der Waals surface area contributed by atoms with Gasteiger partial charge in [0.15, 0.2) is 0 Å². The first-order chi connectivity index (χ1) is 10.9. The molecule has 1 amide bonds. The molecule has 0 spiro atoms. The number of carbonyl (C=O) groups is 2. The molecule has 2 aliphatic heterocycles. The molecule has 1 N–H and O–H groups in total. The van der Waals surface area contributed by atoms with Crippen LogP contribution in [0.5, 0.6) is 0 Å². The van der Waals surface area contributed by atoms with Gasteiger partial charge in [-0.05, 0) is 6.92 Å². The Morgan fingerprint density at radius 2 is 2.30 bits per heavy atom. The number of β-lactam (4-membered cyclic amide) rings is 1. The number of aliphatic carboxylic acids is 1. The summed E-state index contributed by atoms with van der Waals surface area (Å²) in [5.74, 6) is -2.24. The molecule has 0 saturated carbocycles. The molecule has 8 heteroatoms. The second-order valence-corrected chi connectivity index (χ2v) is 6.99. The zero-order valence-corrected chi connectivity index (χ0v) is 13.4. The molecule has 4 rings (SSSR count). The van der Waals surface area contributed by atoms with Gasteiger partial charge in [0, 0.05) is 17.4 Å². The van der Waals surface area contributed by atoms with Gasteiger partial charge in [0.25, 0.3) is 0 Å². The average molecular weight is 333 g/mol. The van der Waals surface area contributed by atoms with Crippen molar-refractivity contribution in [3.05, 3.63) is 29.3 Å². The van der Waals surface area contributed by atoms with Crippen LogP contribution >= 0.6 is 11.3 Å². The van der Waals surface area contributed by atoms with Gasteiger partial charge in [-0.3, -0.25) is 4.79 Å². The smallest absolute Gasteiger partial charge is 0.249 e.